The van der Waals surface area contributed by atoms with Gasteiger partial charge in [-0.25, -0.2) is 0 Å². The summed E-state index contributed by atoms with van der Waals surface area (Å²) in [5.74, 6) is 0.517. The number of furan rings is 1. The summed E-state index contributed by atoms with van der Waals surface area (Å²) in [4.78, 5) is 25.3. The molecule has 3 nitrogen and oxygen atoms in total. The highest BCUT2D eigenvalue weighted by atomic mass is 16.3. The van der Waals surface area contributed by atoms with E-state index < -0.39 is 5.41 Å². The van der Waals surface area contributed by atoms with E-state index in [1.54, 1.807) is 0 Å². The zero-order chi connectivity index (χ0) is 13.1. The zero-order valence-electron chi connectivity index (χ0n) is 11.1. The van der Waals surface area contributed by atoms with Crippen molar-refractivity contribution in [1.29, 1.82) is 0 Å². The van der Waals surface area contributed by atoms with E-state index in [4.69, 9.17) is 4.42 Å². The molecule has 1 aromatic rings. The topological polar surface area (TPSA) is 47.3 Å². The van der Waals surface area contributed by atoms with Gasteiger partial charge in [-0.1, -0.05) is 20.3 Å². The van der Waals surface area contributed by atoms with Gasteiger partial charge in [0.25, 0.3) is 0 Å². The molecule has 18 heavy (non-hydrogen) atoms. The van der Waals surface area contributed by atoms with Crippen molar-refractivity contribution in [3.05, 3.63) is 23.2 Å². The Morgan fingerprint density at radius 3 is 2.78 bits per heavy atom. The lowest BCUT2D eigenvalue weighted by atomic mass is 9.54. The Hall–Kier alpha value is -1.38. The van der Waals surface area contributed by atoms with E-state index in [9.17, 15) is 9.59 Å². The largest absolute Gasteiger partial charge is 0.460 e. The second-order valence-corrected chi connectivity index (χ2v) is 5.98. The number of carbonyl (C=O) groups excluding carboxylic acids is 2. The molecule has 0 saturated heterocycles. The quantitative estimate of drug-likeness (QED) is 0.704. The molecule has 0 unspecified atom stereocenters. The van der Waals surface area contributed by atoms with E-state index >= 15 is 0 Å². The average Bonchev–Trinajstić information content (AvgIpc) is 2.72. The summed E-state index contributed by atoms with van der Waals surface area (Å²) in [5, 5.41) is 0. The SMILES string of the molecule is Cc1coc2c1C(=O)[C@@]1(C)[C@H](CCC[C@@H]1C)C2=O. The highest BCUT2D eigenvalue weighted by molar-refractivity contribution is 6.17. The molecule has 0 radical (unpaired) electrons. The molecule has 3 heteroatoms. The predicted molar refractivity (Wildman–Crippen MR) is 66.7 cm³/mol. The standard InChI is InChI=1S/C15H18O3/c1-8-7-18-13-11(8)14(17)15(3)9(2)5-4-6-10(15)12(13)16/h7,9-10H,4-6H2,1-3H3/t9-,10+,15+/m0/s1. The van der Waals surface area contributed by atoms with Gasteiger partial charge in [-0.2, -0.15) is 0 Å². The molecule has 1 fully saturated rings. The smallest absolute Gasteiger partial charge is 0.202 e. The number of fused-ring (bicyclic) bond motifs is 2. The maximum absolute atomic E-state index is 12.8. The van der Waals surface area contributed by atoms with Gasteiger partial charge in [0.2, 0.25) is 5.78 Å². The molecule has 0 aliphatic heterocycles. The fourth-order valence-corrected chi connectivity index (χ4v) is 3.69. The van der Waals surface area contributed by atoms with E-state index in [1.165, 1.54) is 6.26 Å². The predicted octanol–water partition coefficient (Wildman–Crippen LogP) is 3.41. The highest BCUT2D eigenvalue weighted by Crippen LogP contribution is 2.52. The summed E-state index contributed by atoms with van der Waals surface area (Å²) in [7, 11) is 0. The van der Waals surface area contributed by atoms with Gasteiger partial charge in [0.1, 0.15) is 0 Å². The van der Waals surface area contributed by atoms with Gasteiger partial charge in [-0.15, -0.1) is 0 Å². The van der Waals surface area contributed by atoms with Crippen molar-refractivity contribution >= 4 is 11.6 Å². The van der Waals surface area contributed by atoms with Crippen LogP contribution in [0.15, 0.2) is 10.7 Å². The van der Waals surface area contributed by atoms with Gasteiger partial charge in [0.15, 0.2) is 11.5 Å². The van der Waals surface area contributed by atoms with Crippen LogP contribution in [-0.2, 0) is 0 Å². The van der Waals surface area contributed by atoms with Crippen LogP contribution in [0.5, 0.6) is 0 Å². The zero-order valence-corrected chi connectivity index (χ0v) is 11.1. The Morgan fingerprint density at radius 2 is 2.06 bits per heavy atom. The number of hydrogen-bond acceptors (Lipinski definition) is 3. The molecule has 0 amide bonds. The van der Waals surface area contributed by atoms with Gasteiger partial charge in [0.05, 0.1) is 11.8 Å². The number of rotatable bonds is 0. The van der Waals surface area contributed by atoms with Crippen LogP contribution < -0.4 is 0 Å². The molecule has 2 aliphatic rings. The van der Waals surface area contributed by atoms with Crippen molar-refractivity contribution in [2.45, 2.75) is 40.0 Å². The van der Waals surface area contributed by atoms with Crippen LogP contribution >= 0.6 is 0 Å². The van der Waals surface area contributed by atoms with E-state index in [2.05, 4.69) is 6.92 Å². The molecular formula is C15H18O3. The molecule has 0 aromatic carbocycles. The summed E-state index contributed by atoms with van der Waals surface area (Å²) in [6, 6.07) is 0. The fraction of sp³-hybridized carbons (Fsp3) is 0.600. The van der Waals surface area contributed by atoms with Gasteiger partial charge in [-0.3, -0.25) is 9.59 Å². The molecule has 96 valence electrons. The van der Waals surface area contributed by atoms with Crippen molar-refractivity contribution in [2.75, 3.05) is 0 Å². The van der Waals surface area contributed by atoms with Crippen LogP contribution in [0.3, 0.4) is 0 Å². The number of hydrogen-bond donors (Lipinski definition) is 0. The average molecular weight is 246 g/mol. The van der Waals surface area contributed by atoms with E-state index in [1.807, 2.05) is 13.8 Å². The Balaban J connectivity index is 2.23. The summed E-state index contributed by atoms with van der Waals surface area (Å²) in [6.07, 6.45) is 4.39. The molecule has 1 saturated carbocycles. The van der Waals surface area contributed by atoms with Crippen molar-refractivity contribution < 1.29 is 14.0 Å². The fourth-order valence-electron chi connectivity index (χ4n) is 3.69. The lowest BCUT2D eigenvalue weighted by Crippen LogP contribution is -2.51. The summed E-state index contributed by atoms with van der Waals surface area (Å²) < 4.78 is 5.33. The highest BCUT2D eigenvalue weighted by Gasteiger charge is 2.56. The first kappa shape index (κ1) is 11.7. The van der Waals surface area contributed by atoms with Gasteiger partial charge in [0, 0.05) is 11.3 Å². The molecular weight excluding hydrogens is 228 g/mol. The van der Waals surface area contributed by atoms with Gasteiger partial charge < -0.3 is 4.42 Å². The third kappa shape index (κ3) is 1.20. The molecule has 3 rings (SSSR count). The number of carbonyl (C=O) groups is 2. The first-order valence-corrected chi connectivity index (χ1v) is 6.65. The van der Waals surface area contributed by atoms with Crippen LogP contribution in [0.25, 0.3) is 0 Å². The van der Waals surface area contributed by atoms with Gasteiger partial charge >= 0.3 is 0 Å². The maximum Gasteiger partial charge on any atom is 0.202 e. The van der Waals surface area contributed by atoms with Crippen molar-refractivity contribution in [2.24, 2.45) is 17.3 Å². The number of ketones is 2. The second kappa shape index (κ2) is 3.56. The van der Waals surface area contributed by atoms with Crippen LogP contribution in [0.1, 0.15) is 59.6 Å². The van der Waals surface area contributed by atoms with Crippen LogP contribution in [-0.4, -0.2) is 11.6 Å². The van der Waals surface area contributed by atoms with E-state index in [-0.39, 0.29) is 23.4 Å². The Kier molecular flexibility index (Phi) is 2.31. The minimum atomic E-state index is -0.531. The van der Waals surface area contributed by atoms with Crippen molar-refractivity contribution in [3.8, 4) is 0 Å². The minimum Gasteiger partial charge on any atom is -0.460 e. The van der Waals surface area contributed by atoms with Crippen LogP contribution in [0.4, 0.5) is 0 Å². The normalized spacial score (nSPS) is 35.3. The lowest BCUT2D eigenvalue weighted by molar-refractivity contribution is 0.0282. The lowest BCUT2D eigenvalue weighted by Gasteiger charge is -2.46. The summed E-state index contributed by atoms with van der Waals surface area (Å²) in [6.45, 7) is 5.90. The second-order valence-electron chi connectivity index (χ2n) is 5.98. The molecule has 1 aromatic heterocycles. The Morgan fingerprint density at radius 1 is 1.33 bits per heavy atom. The molecule has 0 spiro atoms. The minimum absolute atomic E-state index is 0.0340. The molecule has 0 N–H and O–H groups in total. The first-order chi connectivity index (χ1) is 8.48. The number of aryl methyl sites for hydroxylation is 1. The van der Waals surface area contributed by atoms with Crippen molar-refractivity contribution in [1.82, 2.24) is 0 Å². The van der Waals surface area contributed by atoms with Crippen molar-refractivity contribution in [3.63, 3.8) is 0 Å². The summed E-state index contributed by atoms with van der Waals surface area (Å²) >= 11 is 0. The summed E-state index contributed by atoms with van der Waals surface area (Å²) in [5.41, 5.74) is 0.796. The van der Waals surface area contributed by atoms with E-state index in [0.717, 1.165) is 24.8 Å². The molecule has 1 heterocycles. The third-order valence-electron chi connectivity index (χ3n) is 5.11. The van der Waals surface area contributed by atoms with Crippen LogP contribution in [0, 0.1) is 24.2 Å². The third-order valence-corrected chi connectivity index (χ3v) is 5.11. The first-order valence-electron chi connectivity index (χ1n) is 6.65. The monoisotopic (exact) mass is 246 g/mol. The number of Topliss-reactive ketones (excluding diaryl/α,β-unsaturated/α-hetero) is 2. The molecule has 2 aliphatic carbocycles. The van der Waals surface area contributed by atoms with E-state index in [0.29, 0.717) is 11.3 Å². The Labute approximate surface area is 107 Å². The Bertz CT molecular complexity index is 540. The van der Waals surface area contributed by atoms with Gasteiger partial charge in [-0.05, 0) is 31.2 Å². The maximum atomic E-state index is 12.8. The molecule has 0 bridgehead atoms. The van der Waals surface area contributed by atoms with Crippen LogP contribution in [0.2, 0.25) is 0 Å². The molecule has 3 atom stereocenters.